The molecular formula is C23H35F. The third-order valence-corrected chi connectivity index (χ3v) is 6.89. The molecule has 0 nitrogen and oxygen atoms in total. The zero-order chi connectivity index (χ0) is 16.8. The number of hydrogen-bond donors (Lipinski definition) is 0. The van der Waals surface area contributed by atoms with Crippen molar-refractivity contribution in [3.63, 3.8) is 0 Å². The molecule has 0 spiro atoms. The van der Waals surface area contributed by atoms with E-state index in [0.717, 1.165) is 17.8 Å². The predicted octanol–water partition coefficient (Wildman–Crippen LogP) is 7.49. The van der Waals surface area contributed by atoms with E-state index >= 15 is 0 Å². The highest BCUT2D eigenvalue weighted by Gasteiger charge is 2.31. The van der Waals surface area contributed by atoms with Crippen LogP contribution in [0.5, 0.6) is 0 Å². The highest BCUT2D eigenvalue weighted by molar-refractivity contribution is 5.20. The fraction of sp³-hybridized carbons (Fsp3) is 0.739. The monoisotopic (exact) mass is 330 g/mol. The molecule has 0 aliphatic heterocycles. The molecule has 0 amide bonds. The van der Waals surface area contributed by atoms with Crippen molar-refractivity contribution >= 4 is 0 Å². The van der Waals surface area contributed by atoms with E-state index < -0.39 is 0 Å². The molecule has 2 fully saturated rings. The molecule has 0 aromatic heterocycles. The van der Waals surface area contributed by atoms with Crippen LogP contribution in [0, 0.1) is 23.6 Å². The first-order valence-electron chi connectivity index (χ1n) is 10.5. The summed E-state index contributed by atoms with van der Waals surface area (Å²) in [6.07, 6.45) is 17.1. The van der Waals surface area contributed by atoms with Crippen molar-refractivity contribution in [1.82, 2.24) is 0 Å². The first-order valence-corrected chi connectivity index (χ1v) is 10.5. The number of unbranched alkanes of at least 4 members (excludes halogenated alkanes) is 2. The third-order valence-electron chi connectivity index (χ3n) is 6.89. The average molecular weight is 331 g/mol. The van der Waals surface area contributed by atoms with Crippen LogP contribution in [-0.2, 0) is 0 Å². The van der Waals surface area contributed by atoms with E-state index in [9.17, 15) is 4.39 Å². The Kier molecular flexibility index (Phi) is 6.75. The Morgan fingerprint density at radius 3 is 1.96 bits per heavy atom. The number of hydrogen-bond acceptors (Lipinski definition) is 0. The lowest BCUT2D eigenvalue weighted by Crippen LogP contribution is -2.25. The van der Waals surface area contributed by atoms with Gasteiger partial charge >= 0.3 is 0 Å². The van der Waals surface area contributed by atoms with E-state index in [4.69, 9.17) is 0 Å². The molecule has 0 bridgehead atoms. The molecule has 0 unspecified atom stereocenters. The van der Waals surface area contributed by atoms with E-state index in [0.29, 0.717) is 5.92 Å². The number of rotatable bonds is 6. The lowest BCUT2D eigenvalue weighted by atomic mass is 9.68. The van der Waals surface area contributed by atoms with Crippen molar-refractivity contribution in [2.24, 2.45) is 17.8 Å². The summed E-state index contributed by atoms with van der Waals surface area (Å²) in [4.78, 5) is 0. The van der Waals surface area contributed by atoms with Crippen LogP contribution in [0.4, 0.5) is 4.39 Å². The van der Waals surface area contributed by atoms with Crippen LogP contribution >= 0.6 is 0 Å². The highest BCUT2D eigenvalue weighted by atomic mass is 19.1. The molecule has 0 atom stereocenters. The molecule has 1 heteroatoms. The van der Waals surface area contributed by atoms with Gasteiger partial charge in [-0.15, -0.1) is 0 Å². The second kappa shape index (κ2) is 9.02. The van der Waals surface area contributed by atoms with Crippen molar-refractivity contribution in [2.75, 3.05) is 0 Å². The summed E-state index contributed by atoms with van der Waals surface area (Å²) < 4.78 is 13.1. The maximum absolute atomic E-state index is 13.1. The summed E-state index contributed by atoms with van der Waals surface area (Å²) in [5.41, 5.74) is 1.36. The number of halogens is 1. The fourth-order valence-electron chi connectivity index (χ4n) is 5.29. The van der Waals surface area contributed by atoms with Gasteiger partial charge in [0.2, 0.25) is 0 Å². The van der Waals surface area contributed by atoms with Crippen molar-refractivity contribution in [3.8, 4) is 0 Å². The second-order valence-corrected chi connectivity index (χ2v) is 8.44. The van der Waals surface area contributed by atoms with Gasteiger partial charge in [-0.2, -0.15) is 0 Å². The van der Waals surface area contributed by atoms with E-state index in [1.165, 1.54) is 82.6 Å². The molecule has 0 radical (unpaired) electrons. The molecule has 2 aliphatic carbocycles. The van der Waals surface area contributed by atoms with Gasteiger partial charge in [-0.05, 0) is 79.9 Å². The predicted molar refractivity (Wildman–Crippen MR) is 101 cm³/mol. The molecule has 2 saturated carbocycles. The molecule has 24 heavy (non-hydrogen) atoms. The zero-order valence-corrected chi connectivity index (χ0v) is 15.5. The van der Waals surface area contributed by atoms with Gasteiger partial charge in [0.25, 0.3) is 0 Å². The summed E-state index contributed by atoms with van der Waals surface area (Å²) in [6.45, 7) is 2.30. The first-order chi connectivity index (χ1) is 11.8. The first kappa shape index (κ1) is 18.0. The van der Waals surface area contributed by atoms with E-state index in [1.54, 1.807) is 12.1 Å². The van der Waals surface area contributed by atoms with Gasteiger partial charge in [0.1, 0.15) is 5.82 Å². The quantitative estimate of drug-likeness (QED) is 0.474. The fourth-order valence-corrected chi connectivity index (χ4v) is 5.29. The largest absolute Gasteiger partial charge is 0.207 e. The lowest BCUT2D eigenvalue weighted by molar-refractivity contribution is 0.155. The third kappa shape index (κ3) is 4.83. The Balaban J connectivity index is 1.40. The summed E-state index contributed by atoms with van der Waals surface area (Å²) in [5, 5.41) is 0. The minimum absolute atomic E-state index is 0.108. The molecular weight excluding hydrogens is 295 g/mol. The van der Waals surface area contributed by atoms with Crippen molar-refractivity contribution in [1.29, 1.82) is 0 Å². The zero-order valence-electron chi connectivity index (χ0n) is 15.5. The maximum Gasteiger partial charge on any atom is 0.123 e. The van der Waals surface area contributed by atoms with Gasteiger partial charge in [-0.25, -0.2) is 4.39 Å². The normalized spacial score (nSPS) is 31.1. The Hall–Kier alpha value is -0.850. The van der Waals surface area contributed by atoms with E-state index in [2.05, 4.69) is 6.92 Å². The van der Waals surface area contributed by atoms with Gasteiger partial charge < -0.3 is 0 Å². The van der Waals surface area contributed by atoms with Gasteiger partial charge in [0.05, 0.1) is 0 Å². The van der Waals surface area contributed by atoms with Crippen LogP contribution in [0.3, 0.4) is 0 Å². The summed E-state index contributed by atoms with van der Waals surface area (Å²) in [5.74, 6) is 3.57. The van der Waals surface area contributed by atoms with Gasteiger partial charge in [0, 0.05) is 0 Å². The lowest BCUT2D eigenvalue weighted by Gasteiger charge is -2.38. The van der Waals surface area contributed by atoms with Crippen LogP contribution in [0.2, 0.25) is 0 Å². The van der Waals surface area contributed by atoms with Crippen molar-refractivity contribution < 1.29 is 4.39 Å². The van der Waals surface area contributed by atoms with Gasteiger partial charge in [-0.3, -0.25) is 0 Å². The Labute approximate surface area is 148 Å². The van der Waals surface area contributed by atoms with Gasteiger partial charge in [0.15, 0.2) is 0 Å². The molecule has 1 aromatic rings. The van der Waals surface area contributed by atoms with Crippen molar-refractivity contribution in [2.45, 2.75) is 89.9 Å². The van der Waals surface area contributed by atoms with Crippen LogP contribution in [0.25, 0.3) is 0 Å². The Morgan fingerprint density at radius 1 is 0.792 bits per heavy atom. The molecule has 0 heterocycles. The van der Waals surface area contributed by atoms with Crippen LogP contribution in [0.15, 0.2) is 24.3 Å². The second-order valence-electron chi connectivity index (χ2n) is 8.44. The molecule has 3 rings (SSSR count). The molecule has 134 valence electrons. The summed E-state index contributed by atoms with van der Waals surface area (Å²) in [7, 11) is 0. The molecule has 0 N–H and O–H groups in total. The van der Waals surface area contributed by atoms with Crippen molar-refractivity contribution in [3.05, 3.63) is 35.6 Å². The Bertz CT molecular complexity index is 461. The average Bonchev–Trinajstić information content (AvgIpc) is 2.63. The molecule has 0 saturated heterocycles. The standard InChI is InChI=1S/C23H35F/c1-2-3-4-5-18-6-8-19(9-7-18)20-10-12-21(13-11-20)22-14-16-23(24)17-15-22/h14-21H,2-13H2,1H3. The number of benzene rings is 1. The minimum atomic E-state index is -0.108. The Morgan fingerprint density at radius 2 is 1.38 bits per heavy atom. The maximum atomic E-state index is 13.1. The minimum Gasteiger partial charge on any atom is -0.207 e. The van der Waals surface area contributed by atoms with Crippen LogP contribution < -0.4 is 0 Å². The molecule has 2 aliphatic rings. The smallest absolute Gasteiger partial charge is 0.123 e. The molecule has 1 aromatic carbocycles. The topological polar surface area (TPSA) is 0 Å². The van der Waals surface area contributed by atoms with Crippen LogP contribution in [-0.4, -0.2) is 0 Å². The summed E-state index contributed by atoms with van der Waals surface area (Å²) in [6, 6.07) is 7.26. The van der Waals surface area contributed by atoms with Crippen LogP contribution in [0.1, 0.15) is 95.5 Å². The van der Waals surface area contributed by atoms with Gasteiger partial charge in [-0.1, -0.05) is 57.6 Å². The van der Waals surface area contributed by atoms with E-state index in [-0.39, 0.29) is 5.82 Å². The SMILES string of the molecule is CCCCCC1CCC(C2CCC(c3ccc(F)cc3)CC2)CC1. The highest BCUT2D eigenvalue weighted by Crippen LogP contribution is 2.44. The summed E-state index contributed by atoms with van der Waals surface area (Å²) >= 11 is 0. The van der Waals surface area contributed by atoms with E-state index in [1.807, 2.05) is 12.1 Å².